The van der Waals surface area contributed by atoms with Gasteiger partial charge in [0.15, 0.2) is 0 Å². The molecule has 1 N–H and O–H groups in total. The van der Waals surface area contributed by atoms with Crippen LogP contribution in [-0.4, -0.2) is 36.0 Å². The predicted molar refractivity (Wildman–Crippen MR) is 80.8 cm³/mol. The van der Waals surface area contributed by atoms with Crippen LogP contribution in [0.15, 0.2) is 24.5 Å². The second-order valence-corrected chi connectivity index (χ2v) is 4.98. The zero-order valence-electron chi connectivity index (χ0n) is 12.2. The van der Waals surface area contributed by atoms with Crippen LogP contribution in [0.5, 0.6) is 0 Å². The summed E-state index contributed by atoms with van der Waals surface area (Å²) in [6.45, 7) is 5.11. The largest absolute Gasteiger partial charge is 0.359 e. The summed E-state index contributed by atoms with van der Waals surface area (Å²) in [6, 6.07) is 6.17. The van der Waals surface area contributed by atoms with Gasteiger partial charge in [0.05, 0.1) is 5.52 Å². The van der Waals surface area contributed by atoms with Crippen molar-refractivity contribution in [2.75, 3.05) is 25.0 Å². The number of benzene rings is 1. The van der Waals surface area contributed by atoms with E-state index in [1.165, 1.54) is 12.5 Å². The Balaban J connectivity index is 2.11. The molecule has 1 heterocycles. The molecule has 2 rings (SSSR count). The lowest BCUT2D eigenvalue weighted by Crippen LogP contribution is -2.26. The SMILES string of the molecule is CC(=O)NCCCN(C)c1ncnc2ccc(C)cc12. The quantitative estimate of drug-likeness (QED) is 0.845. The molecular formula is C15H20N4O. The van der Waals surface area contributed by atoms with Crippen molar-refractivity contribution < 1.29 is 4.79 Å². The number of rotatable bonds is 5. The van der Waals surface area contributed by atoms with E-state index in [9.17, 15) is 4.79 Å². The van der Waals surface area contributed by atoms with Crippen LogP contribution in [0.3, 0.4) is 0 Å². The highest BCUT2D eigenvalue weighted by Gasteiger charge is 2.08. The van der Waals surface area contributed by atoms with Gasteiger partial charge in [-0.3, -0.25) is 4.79 Å². The number of hydrogen-bond donors (Lipinski definition) is 1. The fourth-order valence-electron chi connectivity index (χ4n) is 2.15. The summed E-state index contributed by atoms with van der Waals surface area (Å²) in [6.07, 6.45) is 2.48. The van der Waals surface area contributed by atoms with Crippen LogP contribution in [0.4, 0.5) is 5.82 Å². The number of fused-ring (bicyclic) bond motifs is 1. The minimum absolute atomic E-state index is 0.00997. The third-order valence-electron chi connectivity index (χ3n) is 3.18. The van der Waals surface area contributed by atoms with E-state index in [0.29, 0.717) is 6.54 Å². The zero-order chi connectivity index (χ0) is 14.5. The van der Waals surface area contributed by atoms with Crippen LogP contribution in [0.1, 0.15) is 18.9 Å². The standard InChI is InChI=1S/C15H20N4O/c1-11-5-6-14-13(9-11)15(18-10-17-14)19(3)8-4-7-16-12(2)20/h5-6,9-10H,4,7-8H2,1-3H3,(H,16,20). The Kier molecular flexibility index (Phi) is 4.50. The van der Waals surface area contributed by atoms with Gasteiger partial charge in [0.25, 0.3) is 0 Å². The maximum Gasteiger partial charge on any atom is 0.216 e. The molecule has 0 unspecified atom stereocenters. The summed E-state index contributed by atoms with van der Waals surface area (Å²) in [5.41, 5.74) is 2.15. The van der Waals surface area contributed by atoms with Gasteiger partial charge in [-0.05, 0) is 25.5 Å². The molecule has 20 heavy (non-hydrogen) atoms. The summed E-state index contributed by atoms with van der Waals surface area (Å²) >= 11 is 0. The predicted octanol–water partition coefficient (Wildman–Crippen LogP) is 1.90. The first kappa shape index (κ1) is 14.2. The molecule has 5 nitrogen and oxygen atoms in total. The first-order valence-corrected chi connectivity index (χ1v) is 6.75. The second-order valence-electron chi connectivity index (χ2n) is 4.98. The molecule has 2 aromatic rings. The Morgan fingerprint density at radius 1 is 1.35 bits per heavy atom. The Bertz CT molecular complexity index is 612. The summed E-state index contributed by atoms with van der Waals surface area (Å²) < 4.78 is 0. The molecule has 0 bridgehead atoms. The minimum Gasteiger partial charge on any atom is -0.359 e. The molecule has 0 aliphatic rings. The van der Waals surface area contributed by atoms with E-state index in [-0.39, 0.29) is 5.91 Å². The molecule has 1 aromatic heterocycles. The van der Waals surface area contributed by atoms with Crippen molar-refractivity contribution in [2.45, 2.75) is 20.3 Å². The fraction of sp³-hybridized carbons (Fsp3) is 0.400. The normalized spacial score (nSPS) is 10.6. The fourth-order valence-corrected chi connectivity index (χ4v) is 2.15. The van der Waals surface area contributed by atoms with E-state index in [1.54, 1.807) is 6.33 Å². The zero-order valence-corrected chi connectivity index (χ0v) is 12.2. The van der Waals surface area contributed by atoms with Crippen molar-refractivity contribution >= 4 is 22.6 Å². The third-order valence-corrected chi connectivity index (χ3v) is 3.18. The number of nitrogens with zero attached hydrogens (tertiary/aromatic N) is 3. The molecule has 0 aliphatic carbocycles. The van der Waals surface area contributed by atoms with Gasteiger partial charge < -0.3 is 10.2 Å². The van der Waals surface area contributed by atoms with Crippen molar-refractivity contribution in [2.24, 2.45) is 0 Å². The van der Waals surface area contributed by atoms with Crippen molar-refractivity contribution in [3.8, 4) is 0 Å². The number of nitrogens with one attached hydrogen (secondary N) is 1. The molecule has 0 saturated carbocycles. The lowest BCUT2D eigenvalue weighted by Gasteiger charge is -2.19. The van der Waals surface area contributed by atoms with E-state index in [1.807, 2.05) is 13.1 Å². The van der Waals surface area contributed by atoms with Crippen molar-refractivity contribution in [3.05, 3.63) is 30.1 Å². The maximum atomic E-state index is 10.8. The molecule has 0 spiro atoms. The highest BCUT2D eigenvalue weighted by molar-refractivity contribution is 5.89. The number of hydrogen-bond acceptors (Lipinski definition) is 4. The first-order chi connectivity index (χ1) is 9.58. The van der Waals surface area contributed by atoms with E-state index < -0.39 is 0 Å². The van der Waals surface area contributed by atoms with Crippen molar-refractivity contribution in [1.82, 2.24) is 15.3 Å². The Labute approximate surface area is 119 Å². The monoisotopic (exact) mass is 272 g/mol. The Hall–Kier alpha value is -2.17. The van der Waals surface area contributed by atoms with Gasteiger partial charge in [0.1, 0.15) is 12.1 Å². The van der Waals surface area contributed by atoms with Gasteiger partial charge in [-0.1, -0.05) is 11.6 Å². The summed E-state index contributed by atoms with van der Waals surface area (Å²) in [7, 11) is 2.01. The summed E-state index contributed by atoms with van der Waals surface area (Å²) in [5, 5.41) is 3.86. The van der Waals surface area contributed by atoms with Crippen LogP contribution < -0.4 is 10.2 Å². The average molecular weight is 272 g/mol. The van der Waals surface area contributed by atoms with E-state index >= 15 is 0 Å². The molecule has 0 fully saturated rings. The molecule has 0 aliphatic heterocycles. The van der Waals surface area contributed by atoms with Gasteiger partial charge in [-0.25, -0.2) is 9.97 Å². The molecule has 0 atom stereocenters. The molecule has 0 radical (unpaired) electrons. The maximum absolute atomic E-state index is 10.8. The number of aryl methyl sites for hydroxylation is 1. The van der Waals surface area contributed by atoms with Crippen LogP contribution in [-0.2, 0) is 4.79 Å². The number of anilines is 1. The molecule has 0 saturated heterocycles. The highest BCUT2D eigenvalue weighted by atomic mass is 16.1. The number of carbonyl (C=O) groups excluding carboxylic acids is 1. The van der Waals surface area contributed by atoms with E-state index in [2.05, 4.69) is 39.2 Å². The van der Waals surface area contributed by atoms with Crippen LogP contribution in [0.25, 0.3) is 10.9 Å². The smallest absolute Gasteiger partial charge is 0.216 e. The van der Waals surface area contributed by atoms with E-state index in [4.69, 9.17) is 0 Å². The van der Waals surface area contributed by atoms with Crippen LogP contribution in [0, 0.1) is 6.92 Å². The van der Waals surface area contributed by atoms with Gasteiger partial charge >= 0.3 is 0 Å². The molecule has 5 heteroatoms. The third kappa shape index (κ3) is 3.44. The van der Waals surface area contributed by atoms with Crippen LogP contribution in [0.2, 0.25) is 0 Å². The van der Waals surface area contributed by atoms with Gasteiger partial charge in [-0.2, -0.15) is 0 Å². The Morgan fingerprint density at radius 3 is 2.90 bits per heavy atom. The number of carbonyl (C=O) groups is 1. The number of amides is 1. The average Bonchev–Trinajstić information content (AvgIpc) is 2.42. The van der Waals surface area contributed by atoms with Crippen molar-refractivity contribution in [3.63, 3.8) is 0 Å². The topological polar surface area (TPSA) is 58.1 Å². The van der Waals surface area contributed by atoms with Gasteiger partial charge in [0.2, 0.25) is 5.91 Å². The molecule has 1 aromatic carbocycles. The first-order valence-electron chi connectivity index (χ1n) is 6.75. The molecule has 1 amide bonds. The molecule has 106 valence electrons. The Morgan fingerprint density at radius 2 is 2.15 bits per heavy atom. The summed E-state index contributed by atoms with van der Waals surface area (Å²) in [5.74, 6) is 0.942. The second kappa shape index (κ2) is 6.32. The van der Waals surface area contributed by atoms with Gasteiger partial charge in [-0.15, -0.1) is 0 Å². The van der Waals surface area contributed by atoms with Crippen molar-refractivity contribution in [1.29, 1.82) is 0 Å². The van der Waals surface area contributed by atoms with E-state index in [0.717, 1.165) is 29.7 Å². The summed E-state index contributed by atoms with van der Waals surface area (Å²) in [4.78, 5) is 21.6. The van der Waals surface area contributed by atoms with Crippen LogP contribution >= 0.6 is 0 Å². The van der Waals surface area contributed by atoms with Gasteiger partial charge in [0, 0.05) is 32.4 Å². The molecular weight excluding hydrogens is 252 g/mol. The lowest BCUT2D eigenvalue weighted by atomic mass is 10.1. The number of aromatic nitrogens is 2. The highest BCUT2D eigenvalue weighted by Crippen LogP contribution is 2.22. The lowest BCUT2D eigenvalue weighted by molar-refractivity contribution is -0.118. The minimum atomic E-state index is 0.00997.